The molecule has 1 amide bonds. The van der Waals surface area contributed by atoms with Crippen molar-refractivity contribution in [2.75, 3.05) is 53.1 Å². The summed E-state index contributed by atoms with van der Waals surface area (Å²) in [6, 6.07) is 6.32. The Labute approximate surface area is 222 Å². The van der Waals surface area contributed by atoms with Crippen molar-refractivity contribution in [1.82, 2.24) is 14.8 Å². The fraction of sp³-hybridized carbons (Fsp3) is 0.464. The molecule has 1 atom stereocenters. The number of hydrogen-bond acceptors (Lipinski definition) is 8. The second kappa shape index (κ2) is 11.8. The summed E-state index contributed by atoms with van der Waals surface area (Å²) in [5, 5.41) is 11.6. The number of carbonyl (C=O) groups is 3. The van der Waals surface area contributed by atoms with Gasteiger partial charge in [0.15, 0.2) is 0 Å². The molecule has 0 spiro atoms. The van der Waals surface area contributed by atoms with E-state index in [9.17, 15) is 19.5 Å². The van der Waals surface area contributed by atoms with Crippen LogP contribution in [-0.2, 0) is 19.1 Å². The SMILES string of the molecule is CCOC(=O)c1[nH]c(C)c(C(O)=C2C(=O)C(=O)N(CCCN3CCOCC3)[C@H]2c2cccc(OC)c2)c1C. The number of carbonyl (C=O) groups excluding carboxylic acids is 3. The molecule has 0 aliphatic carbocycles. The number of esters is 1. The number of hydrogen-bond donors (Lipinski definition) is 2. The zero-order valence-corrected chi connectivity index (χ0v) is 22.3. The molecule has 1 aromatic heterocycles. The lowest BCUT2D eigenvalue weighted by Gasteiger charge is -2.29. The van der Waals surface area contributed by atoms with Crippen LogP contribution < -0.4 is 4.74 Å². The number of rotatable bonds is 9. The molecule has 4 rings (SSSR count). The number of amides is 1. The molecule has 3 heterocycles. The number of likely N-dealkylation sites (tertiary alicyclic amines) is 1. The smallest absolute Gasteiger partial charge is 0.355 e. The van der Waals surface area contributed by atoms with E-state index in [2.05, 4.69) is 9.88 Å². The van der Waals surface area contributed by atoms with Gasteiger partial charge in [0, 0.05) is 37.4 Å². The van der Waals surface area contributed by atoms with E-state index < -0.39 is 23.7 Å². The van der Waals surface area contributed by atoms with Gasteiger partial charge in [-0.2, -0.15) is 0 Å². The van der Waals surface area contributed by atoms with Crippen molar-refractivity contribution in [3.05, 3.63) is 57.9 Å². The standard InChI is InChI=1S/C28H35N3O7/c1-5-38-28(35)23-17(2)21(18(3)29-23)25(32)22-24(19-8-6-9-20(16-19)36-4)31(27(34)26(22)33)11-7-10-30-12-14-37-15-13-30/h6,8-9,16,24,29,32H,5,7,10-15H2,1-4H3/t24-/m0/s1. The van der Waals surface area contributed by atoms with Gasteiger partial charge in [0.25, 0.3) is 11.7 Å². The Hall–Kier alpha value is -3.63. The summed E-state index contributed by atoms with van der Waals surface area (Å²) >= 11 is 0. The van der Waals surface area contributed by atoms with Crippen molar-refractivity contribution < 1.29 is 33.7 Å². The van der Waals surface area contributed by atoms with Gasteiger partial charge < -0.3 is 29.2 Å². The molecule has 2 N–H and O–H groups in total. The summed E-state index contributed by atoms with van der Waals surface area (Å²) < 4.78 is 15.9. The Morgan fingerprint density at radius 1 is 1.18 bits per heavy atom. The molecule has 2 aliphatic rings. The van der Waals surface area contributed by atoms with Crippen LogP contribution in [0.1, 0.15) is 52.3 Å². The van der Waals surface area contributed by atoms with Crippen LogP contribution >= 0.6 is 0 Å². The molecule has 2 saturated heterocycles. The van der Waals surface area contributed by atoms with Gasteiger partial charge in [-0.3, -0.25) is 14.5 Å². The van der Waals surface area contributed by atoms with E-state index in [1.54, 1.807) is 46.1 Å². The number of aliphatic hydroxyl groups is 1. The van der Waals surface area contributed by atoms with Crippen molar-refractivity contribution in [3.63, 3.8) is 0 Å². The van der Waals surface area contributed by atoms with Crippen LogP contribution in [0.25, 0.3) is 5.76 Å². The quantitative estimate of drug-likeness (QED) is 0.222. The molecule has 204 valence electrons. The monoisotopic (exact) mass is 525 g/mol. The number of aryl methyl sites for hydroxylation is 1. The molecule has 0 saturated carbocycles. The van der Waals surface area contributed by atoms with E-state index in [0.717, 1.165) is 19.6 Å². The van der Waals surface area contributed by atoms with E-state index in [1.165, 1.54) is 4.90 Å². The predicted octanol–water partition coefficient (Wildman–Crippen LogP) is 2.96. The summed E-state index contributed by atoms with van der Waals surface area (Å²) in [4.78, 5) is 46.0. The minimum absolute atomic E-state index is 0.0183. The molecule has 10 heteroatoms. The van der Waals surface area contributed by atoms with Gasteiger partial charge in [-0.15, -0.1) is 0 Å². The minimum Gasteiger partial charge on any atom is -0.507 e. The number of ether oxygens (including phenoxy) is 3. The maximum absolute atomic E-state index is 13.4. The number of methoxy groups -OCH3 is 1. The third-order valence-corrected chi connectivity index (χ3v) is 7.08. The first-order valence-electron chi connectivity index (χ1n) is 12.9. The number of benzene rings is 1. The van der Waals surface area contributed by atoms with Crippen LogP contribution in [0.5, 0.6) is 5.75 Å². The van der Waals surface area contributed by atoms with Gasteiger partial charge in [0.2, 0.25) is 0 Å². The number of aromatic nitrogens is 1. The van der Waals surface area contributed by atoms with Gasteiger partial charge in [-0.25, -0.2) is 4.79 Å². The number of morpholine rings is 1. The maximum Gasteiger partial charge on any atom is 0.355 e. The van der Waals surface area contributed by atoms with Crippen LogP contribution in [0.15, 0.2) is 29.8 Å². The van der Waals surface area contributed by atoms with E-state index in [4.69, 9.17) is 14.2 Å². The molecule has 2 aromatic rings. The Kier molecular flexibility index (Phi) is 8.53. The molecular weight excluding hydrogens is 490 g/mol. The fourth-order valence-corrected chi connectivity index (χ4v) is 5.21. The molecule has 1 aromatic carbocycles. The van der Waals surface area contributed by atoms with Gasteiger partial charge in [0.1, 0.15) is 17.2 Å². The zero-order chi connectivity index (χ0) is 27.4. The first-order valence-corrected chi connectivity index (χ1v) is 12.9. The first kappa shape index (κ1) is 27.4. The van der Waals surface area contributed by atoms with Crippen LogP contribution in [0, 0.1) is 13.8 Å². The Morgan fingerprint density at radius 3 is 2.61 bits per heavy atom. The number of nitrogens with zero attached hydrogens (tertiary/aromatic N) is 2. The summed E-state index contributed by atoms with van der Waals surface area (Å²) in [6.07, 6.45) is 0.656. The number of aromatic amines is 1. The van der Waals surface area contributed by atoms with E-state index in [-0.39, 0.29) is 23.6 Å². The first-order chi connectivity index (χ1) is 18.3. The molecule has 0 bridgehead atoms. The predicted molar refractivity (Wildman–Crippen MR) is 140 cm³/mol. The molecule has 2 aliphatic heterocycles. The van der Waals surface area contributed by atoms with Crippen molar-refractivity contribution in [3.8, 4) is 5.75 Å². The number of ketones is 1. The fourth-order valence-electron chi connectivity index (χ4n) is 5.21. The molecular formula is C28H35N3O7. The highest BCUT2D eigenvalue weighted by Crippen LogP contribution is 2.41. The van der Waals surface area contributed by atoms with Gasteiger partial charge >= 0.3 is 5.97 Å². The van der Waals surface area contributed by atoms with Crippen LogP contribution in [-0.4, -0.2) is 90.7 Å². The lowest BCUT2D eigenvalue weighted by atomic mass is 9.94. The zero-order valence-electron chi connectivity index (χ0n) is 22.3. The van der Waals surface area contributed by atoms with Crippen molar-refractivity contribution in [1.29, 1.82) is 0 Å². The Bertz CT molecular complexity index is 1240. The van der Waals surface area contributed by atoms with Crippen molar-refractivity contribution in [2.24, 2.45) is 0 Å². The van der Waals surface area contributed by atoms with Gasteiger partial charge in [0.05, 0.1) is 38.5 Å². The molecule has 0 radical (unpaired) electrons. The second-order valence-electron chi connectivity index (χ2n) is 9.42. The third-order valence-electron chi connectivity index (χ3n) is 7.08. The number of aliphatic hydroxyl groups excluding tert-OH is 1. The summed E-state index contributed by atoms with van der Waals surface area (Å²) in [5.41, 5.74) is 2.08. The van der Waals surface area contributed by atoms with E-state index >= 15 is 0 Å². The third kappa shape index (κ3) is 5.32. The van der Waals surface area contributed by atoms with Gasteiger partial charge in [-0.05, 0) is 50.5 Å². The van der Waals surface area contributed by atoms with Crippen LogP contribution in [0.3, 0.4) is 0 Å². The van der Waals surface area contributed by atoms with Gasteiger partial charge in [-0.1, -0.05) is 12.1 Å². The second-order valence-corrected chi connectivity index (χ2v) is 9.42. The average molecular weight is 526 g/mol. The highest BCUT2D eigenvalue weighted by Gasteiger charge is 2.46. The summed E-state index contributed by atoms with van der Waals surface area (Å²) in [7, 11) is 1.54. The van der Waals surface area contributed by atoms with Crippen LogP contribution in [0.2, 0.25) is 0 Å². The summed E-state index contributed by atoms with van der Waals surface area (Å²) in [6.45, 7) is 9.37. The highest BCUT2D eigenvalue weighted by molar-refractivity contribution is 6.46. The van der Waals surface area contributed by atoms with Crippen molar-refractivity contribution >= 4 is 23.4 Å². The lowest BCUT2D eigenvalue weighted by Crippen LogP contribution is -2.38. The number of H-pyrrole nitrogens is 1. The summed E-state index contributed by atoms with van der Waals surface area (Å²) in [5.74, 6) is -1.74. The molecule has 10 nitrogen and oxygen atoms in total. The molecule has 2 fully saturated rings. The van der Waals surface area contributed by atoms with E-state index in [1.807, 2.05) is 6.07 Å². The molecule has 0 unspecified atom stereocenters. The van der Waals surface area contributed by atoms with Crippen molar-refractivity contribution in [2.45, 2.75) is 33.2 Å². The topological polar surface area (TPSA) is 121 Å². The number of Topliss-reactive ketones (excluding diaryl/α,β-unsaturated/α-hetero) is 1. The number of nitrogens with one attached hydrogen (secondary N) is 1. The normalized spacial score (nSPS) is 19.7. The Balaban J connectivity index is 1.75. The van der Waals surface area contributed by atoms with E-state index in [0.29, 0.717) is 54.3 Å². The lowest BCUT2D eigenvalue weighted by molar-refractivity contribution is -0.140. The highest BCUT2D eigenvalue weighted by atomic mass is 16.5. The minimum atomic E-state index is -0.811. The Morgan fingerprint density at radius 2 is 1.92 bits per heavy atom. The van der Waals surface area contributed by atoms with Crippen LogP contribution in [0.4, 0.5) is 0 Å². The molecule has 38 heavy (non-hydrogen) atoms. The maximum atomic E-state index is 13.4. The largest absolute Gasteiger partial charge is 0.507 e. The average Bonchev–Trinajstić information content (AvgIpc) is 3.36.